The minimum Gasteiger partial charge on any atom is -0.457 e. The van der Waals surface area contributed by atoms with Gasteiger partial charge < -0.3 is 21.1 Å². The molecule has 6 nitrogen and oxygen atoms in total. The lowest BCUT2D eigenvalue weighted by atomic mass is 9.98. The van der Waals surface area contributed by atoms with E-state index in [9.17, 15) is 9.59 Å². The Bertz CT molecular complexity index is 742. The molecule has 26 heavy (non-hydrogen) atoms. The molecule has 2 atom stereocenters. The summed E-state index contributed by atoms with van der Waals surface area (Å²) in [5, 5.41) is 5.30. The third kappa shape index (κ3) is 5.51. The van der Waals surface area contributed by atoms with Gasteiger partial charge in [0, 0.05) is 5.69 Å². The van der Waals surface area contributed by atoms with Crippen molar-refractivity contribution < 1.29 is 14.3 Å². The van der Waals surface area contributed by atoms with Gasteiger partial charge in [-0.3, -0.25) is 4.79 Å². The monoisotopic (exact) mass is 355 g/mol. The Hall–Kier alpha value is -3.02. The van der Waals surface area contributed by atoms with E-state index in [1.807, 2.05) is 45.0 Å². The van der Waals surface area contributed by atoms with E-state index in [0.717, 1.165) is 17.7 Å². The minimum absolute atomic E-state index is 0.0355. The van der Waals surface area contributed by atoms with Crippen LogP contribution in [0.4, 0.5) is 10.5 Å². The number of nitrogens with two attached hydrogens (primary N) is 1. The average molecular weight is 355 g/mol. The number of primary amides is 1. The molecule has 0 saturated heterocycles. The van der Waals surface area contributed by atoms with Crippen molar-refractivity contribution in [2.24, 2.45) is 11.7 Å². The van der Waals surface area contributed by atoms with Crippen LogP contribution in [0.5, 0.6) is 11.5 Å². The Kier molecular flexibility index (Phi) is 6.60. The first kappa shape index (κ1) is 19.3. The standard InChI is InChI=1S/C20H25N3O3/c1-4-14(3)18(23-20(21)25)19(24)22-15-7-11-17(12-8-15)26-16-9-5-13(2)6-10-16/h5-12,14,18H,4H2,1-3H3,(H,22,24)(H3,21,23,25). The van der Waals surface area contributed by atoms with Gasteiger partial charge in [-0.15, -0.1) is 0 Å². The van der Waals surface area contributed by atoms with Gasteiger partial charge in [0.2, 0.25) is 5.91 Å². The number of benzene rings is 2. The van der Waals surface area contributed by atoms with Crippen LogP contribution in [0, 0.1) is 12.8 Å². The molecule has 0 radical (unpaired) electrons. The second kappa shape index (κ2) is 8.89. The number of carbonyl (C=O) groups is 2. The predicted octanol–water partition coefficient (Wildman–Crippen LogP) is 3.81. The number of nitrogens with one attached hydrogen (secondary N) is 2. The first-order valence-corrected chi connectivity index (χ1v) is 8.60. The fraction of sp³-hybridized carbons (Fsp3) is 0.300. The lowest BCUT2D eigenvalue weighted by Crippen LogP contribution is -2.49. The van der Waals surface area contributed by atoms with Crippen LogP contribution in [0.3, 0.4) is 0 Å². The first-order valence-electron chi connectivity index (χ1n) is 8.60. The molecule has 0 aromatic heterocycles. The maximum absolute atomic E-state index is 12.4. The number of amides is 3. The Morgan fingerprint density at radius 2 is 1.58 bits per heavy atom. The van der Waals surface area contributed by atoms with Crippen LogP contribution < -0.4 is 21.1 Å². The van der Waals surface area contributed by atoms with Gasteiger partial charge in [-0.05, 0) is 49.2 Å². The smallest absolute Gasteiger partial charge is 0.312 e. The van der Waals surface area contributed by atoms with Crippen LogP contribution >= 0.6 is 0 Å². The molecular weight excluding hydrogens is 330 g/mol. The first-order chi connectivity index (χ1) is 12.4. The molecule has 0 aliphatic carbocycles. The number of anilines is 1. The molecule has 0 spiro atoms. The van der Waals surface area contributed by atoms with E-state index in [4.69, 9.17) is 10.5 Å². The van der Waals surface area contributed by atoms with Crippen LogP contribution in [0.2, 0.25) is 0 Å². The van der Waals surface area contributed by atoms with Crippen molar-refractivity contribution in [1.82, 2.24) is 5.32 Å². The second-order valence-corrected chi connectivity index (χ2v) is 6.30. The Morgan fingerprint density at radius 1 is 1.04 bits per heavy atom. The van der Waals surface area contributed by atoms with Crippen LogP contribution in [0.1, 0.15) is 25.8 Å². The summed E-state index contributed by atoms with van der Waals surface area (Å²) in [4.78, 5) is 23.6. The summed E-state index contributed by atoms with van der Waals surface area (Å²) in [5.41, 5.74) is 6.95. The molecule has 0 bridgehead atoms. The number of ether oxygens (including phenoxy) is 1. The Labute approximate surface area is 153 Å². The molecular formula is C20H25N3O3. The van der Waals surface area contributed by atoms with Gasteiger partial charge in [-0.1, -0.05) is 38.0 Å². The molecule has 138 valence electrons. The molecule has 2 aromatic rings. The second-order valence-electron chi connectivity index (χ2n) is 6.30. The van der Waals surface area contributed by atoms with Crippen LogP contribution in [0.25, 0.3) is 0 Å². The lowest BCUT2D eigenvalue weighted by Gasteiger charge is -2.22. The van der Waals surface area contributed by atoms with Crippen molar-refractivity contribution in [1.29, 1.82) is 0 Å². The Balaban J connectivity index is 2.01. The fourth-order valence-electron chi connectivity index (χ4n) is 2.42. The summed E-state index contributed by atoms with van der Waals surface area (Å²) in [7, 11) is 0. The topological polar surface area (TPSA) is 93.5 Å². The summed E-state index contributed by atoms with van der Waals surface area (Å²) < 4.78 is 5.76. The highest BCUT2D eigenvalue weighted by Gasteiger charge is 2.25. The Morgan fingerprint density at radius 3 is 2.08 bits per heavy atom. The van der Waals surface area contributed by atoms with Crippen LogP contribution in [0.15, 0.2) is 48.5 Å². The summed E-state index contributed by atoms with van der Waals surface area (Å²) in [5.74, 6) is 1.08. The van der Waals surface area contributed by atoms with Gasteiger partial charge >= 0.3 is 6.03 Å². The lowest BCUT2D eigenvalue weighted by molar-refractivity contribution is -0.119. The molecule has 3 amide bonds. The molecule has 6 heteroatoms. The summed E-state index contributed by atoms with van der Waals surface area (Å²) in [6.45, 7) is 5.85. The summed E-state index contributed by atoms with van der Waals surface area (Å²) in [6.07, 6.45) is 0.738. The molecule has 0 heterocycles. The predicted molar refractivity (Wildman–Crippen MR) is 102 cm³/mol. The van der Waals surface area contributed by atoms with Gasteiger partial charge in [-0.2, -0.15) is 0 Å². The molecule has 4 N–H and O–H groups in total. The molecule has 0 aliphatic heterocycles. The molecule has 2 aromatic carbocycles. The van der Waals surface area contributed by atoms with Gasteiger partial charge in [0.05, 0.1) is 0 Å². The highest BCUT2D eigenvalue weighted by Crippen LogP contribution is 2.23. The van der Waals surface area contributed by atoms with Gasteiger partial charge in [0.25, 0.3) is 0 Å². The zero-order valence-corrected chi connectivity index (χ0v) is 15.3. The number of urea groups is 1. The van der Waals surface area contributed by atoms with E-state index in [1.165, 1.54) is 0 Å². The summed E-state index contributed by atoms with van der Waals surface area (Å²) >= 11 is 0. The average Bonchev–Trinajstić information content (AvgIpc) is 2.62. The van der Waals surface area contributed by atoms with Crippen molar-refractivity contribution >= 4 is 17.6 Å². The van der Waals surface area contributed by atoms with E-state index in [0.29, 0.717) is 11.4 Å². The molecule has 2 rings (SSSR count). The van der Waals surface area contributed by atoms with E-state index < -0.39 is 12.1 Å². The fourth-order valence-corrected chi connectivity index (χ4v) is 2.42. The highest BCUT2D eigenvalue weighted by atomic mass is 16.5. The van der Waals surface area contributed by atoms with Crippen LogP contribution in [-0.2, 0) is 4.79 Å². The van der Waals surface area contributed by atoms with Crippen molar-refractivity contribution in [2.45, 2.75) is 33.2 Å². The highest BCUT2D eigenvalue weighted by molar-refractivity contribution is 5.97. The van der Waals surface area contributed by atoms with E-state index >= 15 is 0 Å². The zero-order valence-electron chi connectivity index (χ0n) is 15.3. The summed E-state index contributed by atoms with van der Waals surface area (Å²) in [6, 6.07) is 13.4. The largest absolute Gasteiger partial charge is 0.457 e. The normalized spacial score (nSPS) is 12.7. The minimum atomic E-state index is -0.715. The molecule has 0 fully saturated rings. The van der Waals surface area contributed by atoms with Crippen molar-refractivity contribution in [3.05, 3.63) is 54.1 Å². The maximum Gasteiger partial charge on any atom is 0.312 e. The number of hydrogen-bond donors (Lipinski definition) is 3. The van der Waals surface area contributed by atoms with Gasteiger partial charge in [-0.25, -0.2) is 4.79 Å². The van der Waals surface area contributed by atoms with Crippen LogP contribution in [-0.4, -0.2) is 18.0 Å². The molecule has 0 saturated carbocycles. The quantitative estimate of drug-likeness (QED) is 0.705. The number of aryl methyl sites for hydroxylation is 1. The third-order valence-corrected chi connectivity index (χ3v) is 4.17. The maximum atomic E-state index is 12.4. The molecule has 0 aliphatic rings. The van der Waals surface area contributed by atoms with Crippen molar-refractivity contribution in [2.75, 3.05) is 5.32 Å². The van der Waals surface area contributed by atoms with Crippen molar-refractivity contribution in [3.63, 3.8) is 0 Å². The zero-order chi connectivity index (χ0) is 19.1. The van der Waals surface area contributed by atoms with E-state index in [1.54, 1.807) is 24.3 Å². The number of carbonyl (C=O) groups excluding carboxylic acids is 2. The SMILES string of the molecule is CCC(C)C(NC(N)=O)C(=O)Nc1ccc(Oc2ccc(C)cc2)cc1. The van der Waals surface area contributed by atoms with E-state index in [2.05, 4.69) is 10.6 Å². The number of hydrogen-bond acceptors (Lipinski definition) is 3. The number of rotatable bonds is 7. The van der Waals surface area contributed by atoms with Crippen molar-refractivity contribution in [3.8, 4) is 11.5 Å². The van der Waals surface area contributed by atoms with Gasteiger partial charge in [0.15, 0.2) is 0 Å². The third-order valence-electron chi connectivity index (χ3n) is 4.17. The van der Waals surface area contributed by atoms with E-state index in [-0.39, 0.29) is 11.8 Å². The van der Waals surface area contributed by atoms with Gasteiger partial charge in [0.1, 0.15) is 17.5 Å². The molecule has 2 unspecified atom stereocenters.